The van der Waals surface area contributed by atoms with Crippen LogP contribution < -0.4 is 20.2 Å². The van der Waals surface area contributed by atoms with E-state index in [0.29, 0.717) is 50.2 Å². The second-order valence-electron chi connectivity index (χ2n) is 11.4. The zero-order valence-electron chi connectivity index (χ0n) is 25.4. The fourth-order valence-electron chi connectivity index (χ4n) is 5.94. The van der Waals surface area contributed by atoms with Gasteiger partial charge in [0.05, 0.1) is 22.8 Å². The summed E-state index contributed by atoms with van der Waals surface area (Å²) in [7, 11) is 0. The zero-order chi connectivity index (χ0) is 32.1. The fraction of sp³-hybridized carbons (Fsp3) is 0.294. The minimum atomic E-state index is -2.16. The van der Waals surface area contributed by atoms with Crippen LogP contribution in [0, 0.1) is 13.8 Å². The van der Waals surface area contributed by atoms with Crippen molar-refractivity contribution in [2.24, 2.45) is 0 Å². The van der Waals surface area contributed by atoms with Gasteiger partial charge >= 0.3 is 17.1 Å². The maximum atomic E-state index is 12.0. The number of rotatable bonds is 8. The minimum absolute atomic E-state index is 0. The third kappa shape index (κ3) is 5.68. The van der Waals surface area contributed by atoms with Gasteiger partial charge in [-0.1, -0.05) is 60.2 Å². The summed E-state index contributed by atoms with van der Waals surface area (Å²) < 4.78 is 0. The molecule has 3 aromatic rings. The molecule has 11 heteroatoms. The standard InChI is InChI=1S/C34H36N4O6.Fe/c1-7-20-17(3)23-13-24-19(5)22(9-10-31(39)40)28(37-24)16-30-34(44,12-11-32(41)42)33(6,43)29(38-30)15-27-21(8-2)18(4)25(36-27)14-26(20)35-23;/h7-8,13-16,43-44H,1-2,9-12H2,3-6H3,(H4,35,36,37,38,39,40,41,42);/q;+2/p-4/t33-,34+;/m0./s1. The van der Waals surface area contributed by atoms with E-state index >= 15 is 0 Å². The molecule has 0 saturated carbocycles. The van der Waals surface area contributed by atoms with E-state index in [1.165, 1.54) is 13.0 Å². The van der Waals surface area contributed by atoms with Crippen LogP contribution in [-0.4, -0.2) is 32.1 Å². The van der Waals surface area contributed by atoms with Crippen LogP contribution in [0.25, 0.3) is 39.3 Å². The fourth-order valence-corrected chi connectivity index (χ4v) is 5.94. The largest absolute Gasteiger partial charge is 2.00 e. The minimum Gasteiger partial charge on any atom is -0.657 e. The number of hydrogen-bond donors (Lipinski definition) is 2. The monoisotopic (exact) mass is 648 g/mol. The molecule has 2 aliphatic heterocycles. The Hall–Kier alpha value is -4.28. The summed E-state index contributed by atoms with van der Waals surface area (Å²) in [6.07, 6.45) is 2.20. The van der Waals surface area contributed by atoms with Gasteiger partial charge in [0.25, 0.3) is 0 Å². The van der Waals surface area contributed by atoms with Gasteiger partial charge in [0.2, 0.25) is 0 Å². The van der Waals surface area contributed by atoms with Crippen molar-refractivity contribution in [3.05, 3.63) is 88.5 Å². The quantitative estimate of drug-likeness (QED) is 0.345. The smallest absolute Gasteiger partial charge is 0.657 e. The van der Waals surface area contributed by atoms with Gasteiger partial charge in [-0.05, 0) is 70.6 Å². The molecule has 234 valence electrons. The van der Waals surface area contributed by atoms with Crippen molar-refractivity contribution >= 4 is 51.2 Å². The molecule has 2 N–H and O–H groups in total. The number of allylic oxidation sites excluding steroid dienone is 3. The van der Waals surface area contributed by atoms with Crippen LogP contribution in [0.2, 0.25) is 0 Å². The number of hydrogen-bond acceptors (Lipinski definition) is 8. The molecule has 0 spiro atoms. The predicted molar refractivity (Wildman–Crippen MR) is 162 cm³/mol. The van der Waals surface area contributed by atoms with Crippen LogP contribution in [0.3, 0.4) is 0 Å². The first-order valence-electron chi connectivity index (χ1n) is 14.2. The molecule has 0 aromatic carbocycles. The summed E-state index contributed by atoms with van der Waals surface area (Å²) in [6, 6.07) is 6.65. The number of fused-ring (bicyclic) bond motifs is 8. The van der Waals surface area contributed by atoms with Gasteiger partial charge < -0.3 is 40.0 Å². The van der Waals surface area contributed by atoms with Crippen molar-refractivity contribution in [3.8, 4) is 0 Å². The summed E-state index contributed by atoms with van der Waals surface area (Å²) in [5.41, 5.74) is 3.46. The Labute approximate surface area is 270 Å². The van der Waals surface area contributed by atoms with Crippen LogP contribution >= 0.6 is 0 Å². The van der Waals surface area contributed by atoms with Crippen molar-refractivity contribution in [3.63, 3.8) is 0 Å². The van der Waals surface area contributed by atoms with Gasteiger partial charge in [-0.25, -0.2) is 4.98 Å². The molecule has 2 aliphatic rings. The number of nitrogens with zero attached hydrogens (tertiary/aromatic N) is 4. The van der Waals surface area contributed by atoms with Crippen molar-refractivity contribution in [1.29, 1.82) is 0 Å². The van der Waals surface area contributed by atoms with Crippen molar-refractivity contribution in [1.82, 2.24) is 19.9 Å². The first-order chi connectivity index (χ1) is 20.7. The predicted octanol–water partition coefficient (Wildman–Crippen LogP) is 2.25. The Morgan fingerprint density at radius 1 is 0.844 bits per heavy atom. The van der Waals surface area contributed by atoms with E-state index in [2.05, 4.69) is 18.1 Å². The number of aliphatic hydroxyl groups is 2. The van der Waals surface area contributed by atoms with E-state index in [1.54, 1.807) is 24.3 Å². The molecule has 0 aliphatic carbocycles. The molecule has 0 radical (unpaired) electrons. The molecular weight excluding hydrogens is 616 g/mol. The van der Waals surface area contributed by atoms with Gasteiger partial charge in [0.1, 0.15) is 11.2 Å². The van der Waals surface area contributed by atoms with Gasteiger partial charge in [0, 0.05) is 17.5 Å². The Bertz CT molecular complexity index is 1950. The molecule has 0 unspecified atom stereocenters. The average molecular weight is 648 g/mol. The number of aliphatic carboxylic acids is 2. The Morgan fingerprint density at radius 3 is 2.11 bits per heavy atom. The molecule has 0 fully saturated rings. The molecule has 3 aromatic heterocycles. The van der Waals surface area contributed by atoms with Gasteiger partial charge in [-0.2, -0.15) is 0 Å². The van der Waals surface area contributed by atoms with E-state index < -0.39 is 36.0 Å². The van der Waals surface area contributed by atoms with E-state index in [4.69, 9.17) is 15.0 Å². The van der Waals surface area contributed by atoms with E-state index in [-0.39, 0.29) is 41.3 Å². The molecule has 5 heterocycles. The van der Waals surface area contributed by atoms with Crippen LogP contribution in [0.15, 0.2) is 43.5 Å². The van der Waals surface area contributed by atoms with E-state index in [0.717, 1.165) is 16.7 Å². The van der Waals surface area contributed by atoms with Gasteiger partial charge in [-0.15, -0.1) is 22.1 Å². The van der Waals surface area contributed by atoms with Crippen LogP contribution in [-0.2, 0) is 44.3 Å². The van der Waals surface area contributed by atoms with Crippen molar-refractivity contribution in [2.75, 3.05) is 0 Å². The number of carboxylic acids is 2. The van der Waals surface area contributed by atoms with Crippen LogP contribution in [0.4, 0.5) is 0 Å². The van der Waals surface area contributed by atoms with Crippen molar-refractivity contribution < 1.29 is 47.1 Å². The second-order valence-corrected chi connectivity index (χ2v) is 11.4. The van der Waals surface area contributed by atoms with Crippen LogP contribution in [0.5, 0.6) is 0 Å². The number of carbonyl (C=O) groups excluding carboxylic acids is 2. The summed E-state index contributed by atoms with van der Waals surface area (Å²) in [4.78, 5) is 41.9. The van der Waals surface area contributed by atoms with Crippen molar-refractivity contribution in [2.45, 2.75) is 64.6 Å². The molecule has 10 nitrogen and oxygen atoms in total. The third-order valence-corrected chi connectivity index (χ3v) is 8.74. The number of carboxylic acid groups (broad SMARTS) is 2. The van der Waals surface area contributed by atoms with Crippen LogP contribution in [0.1, 0.15) is 78.1 Å². The third-order valence-electron chi connectivity index (χ3n) is 8.74. The summed E-state index contributed by atoms with van der Waals surface area (Å²) in [6.45, 7) is 14.9. The summed E-state index contributed by atoms with van der Waals surface area (Å²) >= 11 is 0. The SMILES string of the molecule is C=CC1=C(C)c2cc3[n-]c(cc4[n-]c(cc5nc(cc1n2)[C@](C)(O)[C@@]5(O)CCC(=O)[O-])c(CCC(=O)[O-])c4C)c(C)c3C=C.[Fe+2]. The summed E-state index contributed by atoms with van der Waals surface area (Å²) in [5.74, 6) is -2.65. The molecule has 2 atom stereocenters. The number of carbonyl (C=O) groups is 2. The normalized spacial score (nSPS) is 19.2. The zero-order valence-corrected chi connectivity index (χ0v) is 26.5. The van der Waals surface area contributed by atoms with Gasteiger partial charge in [0.15, 0.2) is 0 Å². The molecule has 0 saturated heterocycles. The molecule has 0 amide bonds. The summed E-state index contributed by atoms with van der Waals surface area (Å²) in [5, 5.41) is 46.7. The first kappa shape index (κ1) is 33.6. The Morgan fingerprint density at radius 2 is 1.49 bits per heavy atom. The maximum Gasteiger partial charge on any atom is 2.00 e. The maximum absolute atomic E-state index is 12.0. The molecular formula is C34H32FeN4O6-2. The number of aromatic nitrogens is 4. The Balaban J connectivity index is 0.00000461. The number of aryl methyl sites for hydroxylation is 3. The molecule has 45 heavy (non-hydrogen) atoms. The Kier molecular flexibility index (Phi) is 9.15. The van der Waals surface area contributed by atoms with Gasteiger partial charge in [-0.3, -0.25) is 4.98 Å². The van der Waals surface area contributed by atoms with E-state index in [9.17, 15) is 30.0 Å². The molecule has 5 rings (SSSR count). The second kappa shape index (κ2) is 12.3. The van der Waals surface area contributed by atoms with E-state index in [1.807, 2.05) is 26.8 Å². The molecule has 8 bridgehead atoms. The topological polar surface area (TPSA) is 175 Å². The first-order valence-corrected chi connectivity index (χ1v) is 14.2. The average Bonchev–Trinajstić information content (AvgIpc) is 3.58.